The number of benzene rings is 1. The summed E-state index contributed by atoms with van der Waals surface area (Å²) in [6.45, 7) is 9.85. The molecule has 0 spiro atoms. The molecule has 0 radical (unpaired) electrons. The van der Waals surface area contributed by atoms with E-state index in [9.17, 15) is 0 Å². The van der Waals surface area contributed by atoms with Crippen molar-refractivity contribution < 1.29 is 0 Å². The number of piperazine rings is 1. The first-order chi connectivity index (χ1) is 12.8. The summed E-state index contributed by atoms with van der Waals surface area (Å²) in [5, 5.41) is 3.44. The van der Waals surface area contributed by atoms with Gasteiger partial charge in [0, 0.05) is 56.8 Å². The number of aliphatic imine (C=N–C) groups is 1. The standard InChI is InChI=1S/C21H29N5.HI/c1-3-22-21(23-12-11-19-10-9-18(2)24-17-19)26-15-13-25(14-16-26)20-7-5-4-6-8-20;/h4-10,17H,3,11-16H2,1-2H3,(H,22,23);1H. The predicted molar refractivity (Wildman–Crippen MR) is 124 cm³/mol. The quantitative estimate of drug-likeness (QED) is 0.406. The second kappa shape index (κ2) is 11.1. The third-order valence-corrected chi connectivity index (χ3v) is 4.67. The van der Waals surface area contributed by atoms with Gasteiger partial charge in [-0.15, -0.1) is 24.0 Å². The first kappa shape index (κ1) is 21.5. The molecule has 146 valence electrons. The summed E-state index contributed by atoms with van der Waals surface area (Å²) in [5.41, 5.74) is 3.60. The van der Waals surface area contributed by atoms with E-state index in [4.69, 9.17) is 4.99 Å². The third kappa shape index (κ3) is 6.37. The van der Waals surface area contributed by atoms with Crippen molar-refractivity contribution in [2.24, 2.45) is 4.99 Å². The van der Waals surface area contributed by atoms with Crippen molar-refractivity contribution >= 4 is 35.6 Å². The Bertz CT molecular complexity index is 694. The number of hydrogen-bond donors (Lipinski definition) is 1. The van der Waals surface area contributed by atoms with Crippen LogP contribution in [0.4, 0.5) is 5.69 Å². The molecule has 5 nitrogen and oxygen atoms in total. The monoisotopic (exact) mass is 479 g/mol. The molecular formula is C21H30IN5. The number of nitrogens with one attached hydrogen (secondary N) is 1. The van der Waals surface area contributed by atoms with Gasteiger partial charge in [-0.1, -0.05) is 24.3 Å². The van der Waals surface area contributed by atoms with Gasteiger partial charge in [0.25, 0.3) is 0 Å². The highest BCUT2D eigenvalue weighted by atomic mass is 127. The maximum atomic E-state index is 4.84. The molecule has 6 heteroatoms. The highest BCUT2D eigenvalue weighted by molar-refractivity contribution is 14.0. The smallest absolute Gasteiger partial charge is 0.194 e. The average molecular weight is 479 g/mol. The van der Waals surface area contributed by atoms with Crippen molar-refractivity contribution in [3.05, 3.63) is 59.9 Å². The number of guanidine groups is 1. The van der Waals surface area contributed by atoms with Crippen LogP contribution in [0.15, 0.2) is 53.7 Å². The molecule has 1 aromatic heterocycles. The predicted octanol–water partition coefficient (Wildman–Crippen LogP) is 3.34. The van der Waals surface area contributed by atoms with E-state index in [1.807, 2.05) is 13.1 Å². The first-order valence-corrected chi connectivity index (χ1v) is 9.51. The molecule has 1 aliphatic rings. The number of rotatable bonds is 5. The minimum absolute atomic E-state index is 0. The number of nitrogens with zero attached hydrogens (tertiary/aromatic N) is 4. The van der Waals surface area contributed by atoms with Crippen LogP contribution in [0.2, 0.25) is 0 Å². The fraction of sp³-hybridized carbons (Fsp3) is 0.429. The molecule has 3 rings (SSSR count). The Hall–Kier alpha value is -1.83. The lowest BCUT2D eigenvalue weighted by molar-refractivity contribution is 0.372. The van der Waals surface area contributed by atoms with E-state index in [0.717, 1.165) is 57.3 Å². The van der Waals surface area contributed by atoms with Crippen LogP contribution < -0.4 is 10.2 Å². The number of pyridine rings is 1. The molecule has 0 saturated carbocycles. The van der Waals surface area contributed by atoms with Crippen molar-refractivity contribution in [2.75, 3.05) is 44.2 Å². The van der Waals surface area contributed by atoms with E-state index in [0.29, 0.717) is 0 Å². The summed E-state index contributed by atoms with van der Waals surface area (Å²) >= 11 is 0. The van der Waals surface area contributed by atoms with Gasteiger partial charge < -0.3 is 15.1 Å². The minimum atomic E-state index is 0. The zero-order chi connectivity index (χ0) is 18.2. The van der Waals surface area contributed by atoms with Gasteiger partial charge in [0.1, 0.15) is 0 Å². The average Bonchev–Trinajstić information content (AvgIpc) is 2.70. The van der Waals surface area contributed by atoms with Gasteiger partial charge in [-0.3, -0.25) is 9.98 Å². The van der Waals surface area contributed by atoms with Crippen molar-refractivity contribution in [3.8, 4) is 0 Å². The van der Waals surface area contributed by atoms with Gasteiger partial charge in [-0.25, -0.2) is 0 Å². The lowest BCUT2D eigenvalue weighted by Crippen LogP contribution is -2.52. The maximum Gasteiger partial charge on any atom is 0.194 e. The number of aromatic nitrogens is 1. The highest BCUT2D eigenvalue weighted by Gasteiger charge is 2.19. The van der Waals surface area contributed by atoms with Gasteiger partial charge in [0.05, 0.1) is 0 Å². The van der Waals surface area contributed by atoms with Gasteiger partial charge in [0.2, 0.25) is 0 Å². The molecule has 27 heavy (non-hydrogen) atoms. The molecule has 1 saturated heterocycles. The Morgan fingerprint density at radius 3 is 2.44 bits per heavy atom. The topological polar surface area (TPSA) is 43.8 Å². The number of aryl methyl sites for hydroxylation is 1. The normalized spacial score (nSPS) is 14.7. The van der Waals surface area contributed by atoms with Crippen molar-refractivity contribution in [1.29, 1.82) is 0 Å². The molecule has 2 aromatic rings. The van der Waals surface area contributed by atoms with Gasteiger partial charge in [-0.05, 0) is 44.0 Å². The fourth-order valence-electron chi connectivity index (χ4n) is 3.18. The van der Waals surface area contributed by atoms with Crippen LogP contribution in [-0.4, -0.2) is 55.1 Å². The molecule has 1 N–H and O–H groups in total. The fourth-order valence-corrected chi connectivity index (χ4v) is 3.18. The summed E-state index contributed by atoms with van der Waals surface area (Å²) in [5.74, 6) is 1.03. The molecule has 1 fully saturated rings. The van der Waals surface area contributed by atoms with Crippen LogP contribution in [0.5, 0.6) is 0 Å². The first-order valence-electron chi connectivity index (χ1n) is 9.51. The van der Waals surface area contributed by atoms with E-state index in [1.54, 1.807) is 0 Å². The van der Waals surface area contributed by atoms with Crippen molar-refractivity contribution in [2.45, 2.75) is 20.3 Å². The van der Waals surface area contributed by atoms with E-state index in [1.165, 1.54) is 11.3 Å². The molecule has 0 amide bonds. The summed E-state index contributed by atoms with van der Waals surface area (Å²) in [6, 6.07) is 14.9. The van der Waals surface area contributed by atoms with Gasteiger partial charge in [0.15, 0.2) is 5.96 Å². The summed E-state index contributed by atoms with van der Waals surface area (Å²) in [7, 11) is 0. The molecule has 1 aromatic carbocycles. The number of para-hydroxylation sites is 1. The Balaban J connectivity index is 0.00000261. The van der Waals surface area contributed by atoms with Crippen LogP contribution in [0.25, 0.3) is 0 Å². The molecule has 2 heterocycles. The van der Waals surface area contributed by atoms with Crippen LogP contribution >= 0.6 is 24.0 Å². The second-order valence-electron chi connectivity index (χ2n) is 6.60. The molecule has 0 bridgehead atoms. The highest BCUT2D eigenvalue weighted by Crippen LogP contribution is 2.15. The Morgan fingerprint density at radius 2 is 1.81 bits per heavy atom. The molecule has 0 unspecified atom stereocenters. The summed E-state index contributed by atoms with van der Waals surface area (Å²) in [4.78, 5) is 14.0. The van der Waals surface area contributed by atoms with Crippen molar-refractivity contribution in [3.63, 3.8) is 0 Å². The van der Waals surface area contributed by atoms with Crippen LogP contribution in [0.1, 0.15) is 18.2 Å². The molecule has 0 atom stereocenters. The zero-order valence-corrected chi connectivity index (χ0v) is 18.6. The number of hydrogen-bond acceptors (Lipinski definition) is 3. The lowest BCUT2D eigenvalue weighted by Gasteiger charge is -2.37. The molecule has 0 aliphatic carbocycles. The lowest BCUT2D eigenvalue weighted by atomic mass is 10.2. The summed E-state index contributed by atoms with van der Waals surface area (Å²) in [6.07, 6.45) is 2.88. The second-order valence-corrected chi connectivity index (χ2v) is 6.60. The Labute approximate surface area is 179 Å². The van der Waals surface area contributed by atoms with Gasteiger partial charge >= 0.3 is 0 Å². The maximum absolute atomic E-state index is 4.84. The Morgan fingerprint density at radius 1 is 1.07 bits per heavy atom. The van der Waals surface area contributed by atoms with E-state index < -0.39 is 0 Å². The number of halogens is 1. The number of anilines is 1. The molecular weight excluding hydrogens is 449 g/mol. The summed E-state index contributed by atoms with van der Waals surface area (Å²) < 4.78 is 0. The van der Waals surface area contributed by atoms with Crippen LogP contribution in [-0.2, 0) is 6.42 Å². The Kier molecular flexibility index (Phi) is 8.84. The largest absolute Gasteiger partial charge is 0.368 e. The van der Waals surface area contributed by atoms with E-state index in [-0.39, 0.29) is 24.0 Å². The third-order valence-electron chi connectivity index (χ3n) is 4.67. The van der Waals surface area contributed by atoms with E-state index >= 15 is 0 Å². The minimum Gasteiger partial charge on any atom is -0.368 e. The SMILES string of the molecule is CCNC(=NCCc1ccc(C)nc1)N1CCN(c2ccccc2)CC1.I. The zero-order valence-electron chi connectivity index (χ0n) is 16.3. The molecule has 1 aliphatic heterocycles. The van der Waals surface area contributed by atoms with Crippen LogP contribution in [0.3, 0.4) is 0 Å². The van der Waals surface area contributed by atoms with Crippen molar-refractivity contribution in [1.82, 2.24) is 15.2 Å². The van der Waals surface area contributed by atoms with Gasteiger partial charge in [-0.2, -0.15) is 0 Å². The van der Waals surface area contributed by atoms with E-state index in [2.05, 4.69) is 69.5 Å². The van der Waals surface area contributed by atoms with Crippen LogP contribution in [0, 0.1) is 6.92 Å².